The summed E-state index contributed by atoms with van der Waals surface area (Å²) < 4.78 is 1.98. The quantitative estimate of drug-likeness (QED) is 0.748. The molecule has 5 nitrogen and oxygen atoms in total. The zero-order chi connectivity index (χ0) is 14.7. The van der Waals surface area contributed by atoms with Crippen LogP contribution in [0, 0.1) is 0 Å². The molecular formula is C16H18N4O. The summed E-state index contributed by atoms with van der Waals surface area (Å²) in [5, 5.41) is 13.8. The predicted octanol–water partition coefficient (Wildman–Crippen LogP) is 1.73. The van der Waals surface area contributed by atoms with Crippen LogP contribution in [0.4, 0.5) is 0 Å². The molecule has 1 atom stereocenters. The molecule has 0 aliphatic carbocycles. The molecule has 108 valence electrons. The van der Waals surface area contributed by atoms with Gasteiger partial charge in [-0.15, -0.1) is 0 Å². The molecule has 0 fully saturated rings. The molecule has 2 heterocycles. The Kier molecular flexibility index (Phi) is 3.68. The van der Waals surface area contributed by atoms with Crippen molar-refractivity contribution < 1.29 is 5.11 Å². The fourth-order valence-electron chi connectivity index (χ4n) is 2.36. The van der Waals surface area contributed by atoms with Crippen LogP contribution in [-0.4, -0.2) is 26.0 Å². The molecule has 1 unspecified atom stereocenters. The van der Waals surface area contributed by atoms with Crippen molar-refractivity contribution in [2.45, 2.75) is 19.1 Å². The van der Waals surface area contributed by atoms with E-state index in [-0.39, 0.29) is 0 Å². The lowest BCUT2D eigenvalue weighted by molar-refractivity contribution is 0.0566. The van der Waals surface area contributed by atoms with Crippen LogP contribution >= 0.6 is 0 Å². The average molecular weight is 282 g/mol. The Hall–Kier alpha value is -2.24. The number of nitrogens with zero attached hydrogens (tertiary/aromatic N) is 3. The van der Waals surface area contributed by atoms with Crippen molar-refractivity contribution >= 4 is 5.65 Å². The van der Waals surface area contributed by atoms with E-state index in [9.17, 15) is 5.11 Å². The number of rotatable bonds is 5. The zero-order valence-electron chi connectivity index (χ0n) is 11.9. The highest BCUT2D eigenvalue weighted by Crippen LogP contribution is 2.19. The van der Waals surface area contributed by atoms with Gasteiger partial charge in [-0.3, -0.25) is 9.38 Å². The highest BCUT2D eigenvalue weighted by atomic mass is 16.3. The Labute approximate surface area is 123 Å². The first kappa shape index (κ1) is 13.7. The third kappa shape index (κ3) is 2.94. The SMILES string of the molecule is CC(O)(CNCc1cnc2cnccn12)c1ccccc1. The minimum atomic E-state index is -0.899. The van der Waals surface area contributed by atoms with Crippen LogP contribution in [0.5, 0.6) is 0 Å². The van der Waals surface area contributed by atoms with E-state index in [1.54, 1.807) is 12.4 Å². The Morgan fingerprint density at radius 1 is 1.24 bits per heavy atom. The van der Waals surface area contributed by atoms with Gasteiger partial charge in [-0.2, -0.15) is 0 Å². The van der Waals surface area contributed by atoms with Crippen LogP contribution in [0.25, 0.3) is 5.65 Å². The van der Waals surface area contributed by atoms with E-state index in [1.807, 2.05) is 54.0 Å². The summed E-state index contributed by atoms with van der Waals surface area (Å²) in [5.74, 6) is 0. The van der Waals surface area contributed by atoms with Gasteiger partial charge in [0.15, 0.2) is 5.65 Å². The molecule has 2 N–H and O–H groups in total. The molecule has 1 aromatic carbocycles. The molecule has 0 amide bonds. The van der Waals surface area contributed by atoms with E-state index in [0.29, 0.717) is 13.1 Å². The summed E-state index contributed by atoms with van der Waals surface area (Å²) in [5.41, 5.74) is 1.86. The van der Waals surface area contributed by atoms with Gasteiger partial charge in [0, 0.05) is 25.5 Å². The van der Waals surface area contributed by atoms with Gasteiger partial charge >= 0.3 is 0 Å². The molecular weight excluding hydrogens is 264 g/mol. The lowest BCUT2D eigenvalue weighted by atomic mass is 9.96. The van der Waals surface area contributed by atoms with Gasteiger partial charge in [0.2, 0.25) is 0 Å². The van der Waals surface area contributed by atoms with Gasteiger partial charge < -0.3 is 10.4 Å². The van der Waals surface area contributed by atoms with E-state index in [0.717, 1.165) is 16.9 Å². The monoisotopic (exact) mass is 282 g/mol. The molecule has 0 spiro atoms. The zero-order valence-corrected chi connectivity index (χ0v) is 11.9. The maximum absolute atomic E-state index is 10.5. The molecule has 0 saturated heterocycles. The van der Waals surface area contributed by atoms with Gasteiger partial charge in [-0.25, -0.2) is 4.98 Å². The number of imidazole rings is 1. The minimum absolute atomic E-state index is 0.468. The van der Waals surface area contributed by atoms with Crippen molar-refractivity contribution in [2.75, 3.05) is 6.54 Å². The number of hydrogen-bond donors (Lipinski definition) is 2. The molecule has 5 heteroatoms. The highest BCUT2D eigenvalue weighted by Gasteiger charge is 2.22. The van der Waals surface area contributed by atoms with E-state index in [1.165, 1.54) is 0 Å². The Bertz CT molecular complexity index is 721. The maximum atomic E-state index is 10.5. The minimum Gasteiger partial charge on any atom is -0.384 e. The van der Waals surface area contributed by atoms with E-state index in [4.69, 9.17) is 0 Å². The number of hydrogen-bond acceptors (Lipinski definition) is 4. The number of aromatic nitrogens is 3. The van der Waals surface area contributed by atoms with Gasteiger partial charge in [0.25, 0.3) is 0 Å². The summed E-state index contributed by atoms with van der Waals surface area (Å²) in [4.78, 5) is 8.33. The fraction of sp³-hybridized carbons (Fsp3) is 0.250. The largest absolute Gasteiger partial charge is 0.384 e. The third-order valence-electron chi connectivity index (χ3n) is 3.56. The fourth-order valence-corrected chi connectivity index (χ4v) is 2.36. The molecule has 0 aliphatic heterocycles. The topological polar surface area (TPSA) is 62.5 Å². The maximum Gasteiger partial charge on any atom is 0.155 e. The lowest BCUT2D eigenvalue weighted by Crippen LogP contribution is -2.35. The summed E-state index contributed by atoms with van der Waals surface area (Å²) in [6.07, 6.45) is 7.16. The highest BCUT2D eigenvalue weighted by molar-refractivity contribution is 5.36. The van der Waals surface area contributed by atoms with Crippen LogP contribution in [0.1, 0.15) is 18.2 Å². The van der Waals surface area contributed by atoms with Crippen LogP contribution in [0.3, 0.4) is 0 Å². The summed E-state index contributed by atoms with van der Waals surface area (Å²) in [6.45, 7) is 2.91. The standard InChI is InChI=1S/C16H18N4O/c1-16(21,13-5-3-2-4-6-13)12-18-9-14-10-19-15-11-17-7-8-20(14)15/h2-8,10-11,18,21H,9,12H2,1H3. The second-order valence-electron chi connectivity index (χ2n) is 5.30. The first-order valence-corrected chi connectivity index (χ1v) is 6.91. The van der Waals surface area contributed by atoms with Crippen molar-refractivity contribution in [3.8, 4) is 0 Å². The molecule has 3 rings (SSSR count). The van der Waals surface area contributed by atoms with Crippen molar-refractivity contribution in [2.24, 2.45) is 0 Å². The molecule has 2 aromatic heterocycles. The molecule has 0 saturated carbocycles. The molecule has 21 heavy (non-hydrogen) atoms. The smallest absolute Gasteiger partial charge is 0.155 e. The molecule has 0 aliphatic rings. The second-order valence-corrected chi connectivity index (χ2v) is 5.30. The average Bonchev–Trinajstić information content (AvgIpc) is 2.92. The normalized spacial score (nSPS) is 14.2. The molecule has 3 aromatic rings. The van der Waals surface area contributed by atoms with E-state index >= 15 is 0 Å². The number of benzene rings is 1. The van der Waals surface area contributed by atoms with Gasteiger partial charge in [-0.05, 0) is 12.5 Å². The number of aliphatic hydroxyl groups is 1. The number of fused-ring (bicyclic) bond motifs is 1. The van der Waals surface area contributed by atoms with Crippen LogP contribution < -0.4 is 5.32 Å². The van der Waals surface area contributed by atoms with Gasteiger partial charge in [0.05, 0.1) is 23.7 Å². The Balaban J connectivity index is 1.66. The summed E-state index contributed by atoms with van der Waals surface area (Å²) in [7, 11) is 0. The van der Waals surface area contributed by atoms with E-state index < -0.39 is 5.60 Å². The van der Waals surface area contributed by atoms with E-state index in [2.05, 4.69) is 15.3 Å². The lowest BCUT2D eigenvalue weighted by Gasteiger charge is -2.24. The van der Waals surface area contributed by atoms with Crippen molar-refractivity contribution in [3.63, 3.8) is 0 Å². The van der Waals surface area contributed by atoms with Crippen molar-refractivity contribution in [1.29, 1.82) is 0 Å². The van der Waals surface area contributed by atoms with Gasteiger partial charge in [0.1, 0.15) is 0 Å². The Morgan fingerprint density at radius 2 is 2.05 bits per heavy atom. The van der Waals surface area contributed by atoms with Crippen molar-refractivity contribution in [3.05, 3.63) is 66.4 Å². The second kappa shape index (κ2) is 5.63. The van der Waals surface area contributed by atoms with Crippen LogP contribution in [0.15, 0.2) is 55.1 Å². The van der Waals surface area contributed by atoms with Crippen LogP contribution in [-0.2, 0) is 12.1 Å². The first-order chi connectivity index (χ1) is 10.2. The number of nitrogens with one attached hydrogen (secondary N) is 1. The van der Waals surface area contributed by atoms with Gasteiger partial charge in [-0.1, -0.05) is 30.3 Å². The predicted molar refractivity (Wildman–Crippen MR) is 80.7 cm³/mol. The third-order valence-corrected chi connectivity index (χ3v) is 3.56. The summed E-state index contributed by atoms with van der Waals surface area (Å²) >= 11 is 0. The van der Waals surface area contributed by atoms with Crippen LogP contribution in [0.2, 0.25) is 0 Å². The first-order valence-electron chi connectivity index (χ1n) is 6.91. The summed E-state index contributed by atoms with van der Waals surface area (Å²) in [6, 6.07) is 9.67. The Morgan fingerprint density at radius 3 is 2.86 bits per heavy atom. The molecule has 0 radical (unpaired) electrons. The van der Waals surface area contributed by atoms with Crippen molar-refractivity contribution in [1.82, 2.24) is 19.7 Å². The molecule has 0 bridgehead atoms.